The Labute approximate surface area is 158 Å². The van der Waals surface area contributed by atoms with Gasteiger partial charge in [0.2, 0.25) is 0 Å². The standard InChI is InChI=1S/C26H17P/c1-2-12-22(13-3-1)27-25-16-20-10-6-4-8-18(20)14-23(25)24-15-19-9-5-7-11-21(19)17-26(24)27/h1-17H. The van der Waals surface area contributed by atoms with Gasteiger partial charge in [0.15, 0.2) is 0 Å². The van der Waals surface area contributed by atoms with E-state index in [4.69, 9.17) is 0 Å². The number of rotatable bonds is 1. The summed E-state index contributed by atoms with van der Waals surface area (Å²) in [4.78, 5) is 0. The average Bonchev–Trinajstić information content (AvgIpc) is 3.03. The van der Waals surface area contributed by atoms with Crippen LogP contribution < -0.4 is 0 Å². The summed E-state index contributed by atoms with van der Waals surface area (Å²) in [5, 5.41) is 12.5. The Kier molecular flexibility index (Phi) is 3.18. The third-order valence-electron chi connectivity index (χ3n) is 5.51. The van der Waals surface area contributed by atoms with Gasteiger partial charge in [0.25, 0.3) is 0 Å². The summed E-state index contributed by atoms with van der Waals surface area (Å²) < 4.78 is 0. The topological polar surface area (TPSA) is 0 Å². The molecule has 0 atom stereocenters. The largest absolute Gasteiger partial charge is 0.0772 e. The molecule has 6 aromatic rings. The van der Waals surface area contributed by atoms with Crippen LogP contribution in [0.3, 0.4) is 0 Å². The molecule has 0 spiro atoms. The van der Waals surface area contributed by atoms with Crippen molar-refractivity contribution in [2.24, 2.45) is 0 Å². The van der Waals surface area contributed by atoms with Gasteiger partial charge in [-0.3, -0.25) is 0 Å². The van der Waals surface area contributed by atoms with Crippen LogP contribution in [0.4, 0.5) is 0 Å². The zero-order valence-corrected chi connectivity index (χ0v) is 15.7. The van der Waals surface area contributed by atoms with E-state index < -0.39 is 7.53 Å². The van der Waals surface area contributed by atoms with Crippen LogP contribution in [0.5, 0.6) is 0 Å². The smallest absolute Gasteiger partial charge is 0.00747 e. The van der Waals surface area contributed by atoms with Crippen molar-refractivity contribution in [3.63, 3.8) is 0 Å². The molecule has 0 aliphatic rings. The molecule has 0 N–H and O–H groups in total. The van der Waals surface area contributed by atoms with Gasteiger partial charge in [-0.1, -0.05) is 86.4 Å². The molecular formula is C26H17P. The normalized spacial score (nSPS) is 11.7. The summed E-state index contributed by atoms with van der Waals surface area (Å²) in [6, 6.07) is 38.1. The second-order valence-electron chi connectivity index (χ2n) is 7.10. The Bertz CT molecular complexity index is 1360. The van der Waals surface area contributed by atoms with E-state index in [0.29, 0.717) is 0 Å². The van der Waals surface area contributed by atoms with Crippen molar-refractivity contribution in [2.75, 3.05) is 0 Å². The number of fused-ring (bicyclic) bond motifs is 5. The fourth-order valence-electron chi connectivity index (χ4n) is 4.24. The highest BCUT2D eigenvalue weighted by Gasteiger charge is 2.15. The van der Waals surface area contributed by atoms with E-state index in [1.807, 2.05) is 0 Å². The summed E-state index contributed by atoms with van der Waals surface area (Å²) in [6.45, 7) is 0. The molecule has 27 heavy (non-hydrogen) atoms. The van der Waals surface area contributed by atoms with Crippen molar-refractivity contribution in [3.05, 3.63) is 103 Å². The summed E-state index contributed by atoms with van der Waals surface area (Å²) in [6.07, 6.45) is 0. The Morgan fingerprint density at radius 1 is 0.407 bits per heavy atom. The first-order chi connectivity index (χ1) is 13.4. The number of hydrogen-bond acceptors (Lipinski definition) is 0. The van der Waals surface area contributed by atoms with Gasteiger partial charge in [-0.05, 0) is 61.9 Å². The maximum absolute atomic E-state index is 2.42. The maximum Gasteiger partial charge on any atom is 0.00747 e. The quantitative estimate of drug-likeness (QED) is 0.277. The van der Waals surface area contributed by atoms with Gasteiger partial charge in [-0.25, -0.2) is 0 Å². The molecule has 0 unspecified atom stereocenters. The highest BCUT2D eigenvalue weighted by atomic mass is 31.1. The van der Waals surface area contributed by atoms with E-state index in [1.54, 1.807) is 0 Å². The molecule has 0 aliphatic heterocycles. The van der Waals surface area contributed by atoms with Crippen molar-refractivity contribution >= 4 is 50.1 Å². The Morgan fingerprint density at radius 2 is 0.815 bits per heavy atom. The lowest BCUT2D eigenvalue weighted by atomic mass is 10.0. The molecule has 5 aromatic carbocycles. The second-order valence-corrected chi connectivity index (χ2v) is 9.25. The van der Waals surface area contributed by atoms with E-state index in [9.17, 15) is 0 Å². The van der Waals surface area contributed by atoms with E-state index in [2.05, 4.69) is 103 Å². The lowest BCUT2D eigenvalue weighted by Crippen LogP contribution is -1.73. The number of benzene rings is 5. The fraction of sp³-hybridized carbons (Fsp3) is 0. The molecule has 0 radical (unpaired) electrons. The molecule has 0 saturated carbocycles. The molecule has 6 rings (SSSR count). The van der Waals surface area contributed by atoms with E-state index in [-0.39, 0.29) is 0 Å². The highest BCUT2D eigenvalue weighted by Crippen LogP contribution is 2.56. The molecule has 1 aromatic heterocycles. The fourth-order valence-corrected chi connectivity index (χ4v) is 6.92. The molecule has 0 saturated heterocycles. The van der Waals surface area contributed by atoms with Crippen molar-refractivity contribution in [1.29, 1.82) is 0 Å². The van der Waals surface area contributed by atoms with Crippen molar-refractivity contribution < 1.29 is 0 Å². The summed E-state index contributed by atoms with van der Waals surface area (Å²) in [5.41, 5.74) is 0. The minimum atomic E-state index is -0.518. The van der Waals surface area contributed by atoms with Crippen LogP contribution >= 0.6 is 7.53 Å². The zero-order valence-electron chi connectivity index (χ0n) is 14.8. The van der Waals surface area contributed by atoms with Crippen molar-refractivity contribution in [2.45, 2.75) is 0 Å². The van der Waals surface area contributed by atoms with Gasteiger partial charge in [0.1, 0.15) is 0 Å². The zero-order chi connectivity index (χ0) is 17.8. The lowest BCUT2D eigenvalue weighted by molar-refractivity contribution is 1.76. The Morgan fingerprint density at radius 3 is 1.30 bits per heavy atom. The third-order valence-corrected chi connectivity index (χ3v) is 8.03. The van der Waals surface area contributed by atoms with Gasteiger partial charge in [0.05, 0.1) is 0 Å². The van der Waals surface area contributed by atoms with Crippen LogP contribution in [-0.2, 0) is 0 Å². The van der Waals surface area contributed by atoms with Crippen LogP contribution in [0, 0.1) is 0 Å². The predicted molar refractivity (Wildman–Crippen MR) is 121 cm³/mol. The molecule has 0 aliphatic carbocycles. The molecule has 0 bridgehead atoms. The minimum absolute atomic E-state index is 0.518. The predicted octanol–water partition coefficient (Wildman–Crippen LogP) is 8.28. The third kappa shape index (κ3) is 2.24. The molecule has 0 amide bonds. The summed E-state index contributed by atoms with van der Waals surface area (Å²) in [7, 11) is -0.518. The summed E-state index contributed by atoms with van der Waals surface area (Å²) in [5.74, 6) is 0. The van der Waals surface area contributed by atoms with Crippen LogP contribution in [0.1, 0.15) is 0 Å². The molecule has 1 heterocycles. The first-order valence-electron chi connectivity index (χ1n) is 9.30. The number of hydrogen-bond donors (Lipinski definition) is 0. The molecular weight excluding hydrogens is 343 g/mol. The second kappa shape index (κ2) is 5.71. The van der Waals surface area contributed by atoms with E-state index >= 15 is 0 Å². The SMILES string of the molecule is c1ccc(-p2c3cc4ccccc4cc3c3cc4ccccc4cc32)cc1. The van der Waals surface area contributed by atoms with Crippen molar-refractivity contribution in [3.8, 4) is 5.30 Å². The van der Waals surface area contributed by atoms with Crippen LogP contribution in [0.25, 0.3) is 47.9 Å². The van der Waals surface area contributed by atoms with Gasteiger partial charge in [-0.2, -0.15) is 0 Å². The van der Waals surface area contributed by atoms with Gasteiger partial charge in [0, 0.05) is 10.2 Å². The molecule has 0 fully saturated rings. The average molecular weight is 360 g/mol. The molecule has 126 valence electrons. The molecule has 0 nitrogen and oxygen atoms in total. The van der Waals surface area contributed by atoms with E-state index in [0.717, 1.165) is 0 Å². The highest BCUT2D eigenvalue weighted by molar-refractivity contribution is 7.68. The van der Waals surface area contributed by atoms with Gasteiger partial charge < -0.3 is 0 Å². The summed E-state index contributed by atoms with van der Waals surface area (Å²) >= 11 is 0. The monoisotopic (exact) mass is 360 g/mol. The lowest BCUT2D eigenvalue weighted by Gasteiger charge is -2.05. The maximum atomic E-state index is 2.42. The van der Waals surface area contributed by atoms with Crippen LogP contribution in [-0.4, -0.2) is 0 Å². The first-order valence-corrected chi connectivity index (χ1v) is 10.6. The van der Waals surface area contributed by atoms with Gasteiger partial charge >= 0.3 is 0 Å². The van der Waals surface area contributed by atoms with Crippen LogP contribution in [0.2, 0.25) is 0 Å². The van der Waals surface area contributed by atoms with Crippen molar-refractivity contribution in [1.82, 2.24) is 0 Å². The Balaban J connectivity index is 1.88. The minimum Gasteiger partial charge on any atom is -0.0772 e. The first kappa shape index (κ1) is 15.0. The van der Waals surface area contributed by atoms with Crippen LogP contribution in [0.15, 0.2) is 103 Å². The molecule has 1 heteroatoms. The Hall–Kier alpha value is -3.08. The van der Waals surface area contributed by atoms with Gasteiger partial charge in [-0.15, -0.1) is 0 Å². The van der Waals surface area contributed by atoms with E-state index in [1.165, 1.54) is 47.9 Å².